The summed E-state index contributed by atoms with van der Waals surface area (Å²) in [5, 5.41) is 0. The first kappa shape index (κ1) is 9.11. The van der Waals surface area contributed by atoms with E-state index in [9.17, 15) is 0 Å². The van der Waals surface area contributed by atoms with Crippen LogP contribution in [0.1, 0.15) is 27.2 Å². The van der Waals surface area contributed by atoms with Gasteiger partial charge in [-0.2, -0.15) is 0 Å². The molecular formula is C11H17N. The fourth-order valence-corrected chi connectivity index (χ4v) is 1.44. The highest BCUT2D eigenvalue weighted by atomic mass is 15.2. The van der Waals surface area contributed by atoms with Gasteiger partial charge < -0.3 is 4.90 Å². The van der Waals surface area contributed by atoms with Gasteiger partial charge in [0.1, 0.15) is 0 Å². The average Bonchev–Trinajstić information content (AvgIpc) is 2.38. The number of hydrogen-bond donors (Lipinski definition) is 0. The summed E-state index contributed by atoms with van der Waals surface area (Å²) in [7, 11) is 0. The van der Waals surface area contributed by atoms with Crippen molar-refractivity contribution in [1.29, 1.82) is 0 Å². The third-order valence-electron chi connectivity index (χ3n) is 1.97. The molecule has 0 spiro atoms. The van der Waals surface area contributed by atoms with Crippen LogP contribution in [0, 0.1) is 0 Å². The molecule has 1 aliphatic rings. The van der Waals surface area contributed by atoms with Gasteiger partial charge in [-0.25, -0.2) is 0 Å². The monoisotopic (exact) mass is 163 g/mol. The Bertz CT molecular complexity index is 228. The minimum atomic E-state index is 0.138. The molecule has 0 fully saturated rings. The van der Waals surface area contributed by atoms with Gasteiger partial charge in [-0.05, 0) is 33.0 Å². The normalized spacial score (nSPS) is 16.1. The molecule has 0 radical (unpaired) electrons. The van der Waals surface area contributed by atoms with E-state index in [1.165, 1.54) is 5.70 Å². The number of hydrogen-bond acceptors (Lipinski definition) is 1. The summed E-state index contributed by atoms with van der Waals surface area (Å²) in [6, 6.07) is 0. The molecule has 12 heavy (non-hydrogen) atoms. The largest absolute Gasteiger partial charge is 0.347 e. The first-order valence-corrected chi connectivity index (χ1v) is 4.33. The van der Waals surface area contributed by atoms with Crippen molar-refractivity contribution in [3.8, 4) is 0 Å². The van der Waals surface area contributed by atoms with E-state index in [1.807, 2.05) is 6.20 Å². The van der Waals surface area contributed by atoms with Gasteiger partial charge in [0.25, 0.3) is 0 Å². The van der Waals surface area contributed by atoms with Gasteiger partial charge >= 0.3 is 0 Å². The van der Waals surface area contributed by atoms with E-state index < -0.39 is 0 Å². The van der Waals surface area contributed by atoms with E-state index in [1.54, 1.807) is 0 Å². The molecule has 0 bridgehead atoms. The zero-order chi connectivity index (χ0) is 9.19. The van der Waals surface area contributed by atoms with Crippen molar-refractivity contribution in [2.45, 2.75) is 32.7 Å². The molecule has 0 N–H and O–H groups in total. The Kier molecular flexibility index (Phi) is 2.41. The van der Waals surface area contributed by atoms with Crippen LogP contribution in [0.2, 0.25) is 0 Å². The summed E-state index contributed by atoms with van der Waals surface area (Å²) < 4.78 is 0. The Labute approximate surface area is 75.1 Å². The van der Waals surface area contributed by atoms with Gasteiger partial charge in [-0.1, -0.05) is 18.7 Å². The lowest BCUT2D eigenvalue weighted by atomic mass is 10.1. The quantitative estimate of drug-likeness (QED) is 0.604. The highest BCUT2D eigenvalue weighted by Crippen LogP contribution is 2.24. The van der Waals surface area contributed by atoms with Crippen LogP contribution in [0.15, 0.2) is 36.7 Å². The van der Waals surface area contributed by atoms with Crippen LogP contribution in [0.3, 0.4) is 0 Å². The van der Waals surface area contributed by atoms with Gasteiger partial charge in [0, 0.05) is 17.7 Å². The Morgan fingerprint density at radius 3 is 2.50 bits per heavy atom. The second-order valence-electron chi connectivity index (χ2n) is 4.01. The standard InChI is InChI=1S/C11H17N/c1-5-12(11(2,3)4)10-8-6-7-9-10/h5-8H,1,9H2,2-4H3. The molecule has 66 valence electrons. The van der Waals surface area contributed by atoms with Crippen molar-refractivity contribution in [3.05, 3.63) is 36.7 Å². The predicted octanol–water partition coefficient (Wildman–Crippen LogP) is 3.07. The van der Waals surface area contributed by atoms with Gasteiger partial charge in [0.15, 0.2) is 0 Å². The molecule has 1 rings (SSSR count). The van der Waals surface area contributed by atoms with E-state index in [2.05, 4.69) is 50.5 Å². The molecule has 0 aromatic rings. The van der Waals surface area contributed by atoms with Crippen LogP contribution in [-0.2, 0) is 0 Å². The summed E-state index contributed by atoms with van der Waals surface area (Å²) in [5.41, 5.74) is 1.47. The van der Waals surface area contributed by atoms with E-state index in [0.29, 0.717) is 0 Å². The lowest BCUT2D eigenvalue weighted by molar-refractivity contribution is 0.256. The van der Waals surface area contributed by atoms with Crippen LogP contribution < -0.4 is 0 Å². The summed E-state index contributed by atoms with van der Waals surface area (Å²) in [4.78, 5) is 2.22. The fraction of sp³-hybridized carbons (Fsp3) is 0.455. The van der Waals surface area contributed by atoms with E-state index >= 15 is 0 Å². The molecule has 0 atom stereocenters. The highest BCUT2D eigenvalue weighted by molar-refractivity contribution is 5.24. The minimum Gasteiger partial charge on any atom is -0.347 e. The van der Waals surface area contributed by atoms with Crippen molar-refractivity contribution in [1.82, 2.24) is 4.90 Å². The molecule has 0 aromatic heterocycles. The highest BCUT2D eigenvalue weighted by Gasteiger charge is 2.20. The number of allylic oxidation sites excluding steroid dienone is 3. The molecule has 0 heterocycles. The van der Waals surface area contributed by atoms with Gasteiger partial charge in [0.2, 0.25) is 0 Å². The molecule has 0 unspecified atom stereocenters. The van der Waals surface area contributed by atoms with Crippen LogP contribution in [0.5, 0.6) is 0 Å². The summed E-state index contributed by atoms with van der Waals surface area (Å²) in [6.07, 6.45) is 9.34. The zero-order valence-corrected chi connectivity index (χ0v) is 8.17. The van der Waals surface area contributed by atoms with Crippen molar-refractivity contribution < 1.29 is 0 Å². The third-order valence-corrected chi connectivity index (χ3v) is 1.97. The zero-order valence-electron chi connectivity index (χ0n) is 8.17. The molecule has 0 saturated heterocycles. The second-order valence-corrected chi connectivity index (χ2v) is 4.01. The van der Waals surface area contributed by atoms with Gasteiger partial charge in [0.05, 0.1) is 0 Å². The topological polar surface area (TPSA) is 3.24 Å². The molecule has 0 aromatic carbocycles. The van der Waals surface area contributed by atoms with Crippen molar-refractivity contribution in [2.24, 2.45) is 0 Å². The first-order chi connectivity index (χ1) is 5.55. The maximum Gasteiger partial charge on any atom is 0.0358 e. The van der Waals surface area contributed by atoms with Crippen molar-refractivity contribution in [3.63, 3.8) is 0 Å². The summed E-state index contributed by atoms with van der Waals surface area (Å²) in [6.45, 7) is 10.4. The smallest absolute Gasteiger partial charge is 0.0358 e. The lowest BCUT2D eigenvalue weighted by Crippen LogP contribution is -2.35. The minimum absolute atomic E-state index is 0.138. The van der Waals surface area contributed by atoms with E-state index in [0.717, 1.165) is 6.42 Å². The number of rotatable bonds is 2. The van der Waals surface area contributed by atoms with Crippen LogP contribution in [-0.4, -0.2) is 10.4 Å². The fourth-order valence-electron chi connectivity index (χ4n) is 1.44. The molecule has 1 nitrogen and oxygen atoms in total. The molecule has 0 amide bonds. The van der Waals surface area contributed by atoms with Crippen molar-refractivity contribution in [2.75, 3.05) is 0 Å². The Hall–Kier alpha value is -0.980. The van der Waals surface area contributed by atoms with Gasteiger partial charge in [-0.15, -0.1) is 0 Å². The third kappa shape index (κ3) is 1.79. The van der Waals surface area contributed by atoms with Crippen LogP contribution >= 0.6 is 0 Å². The summed E-state index contributed by atoms with van der Waals surface area (Å²) >= 11 is 0. The molecular weight excluding hydrogens is 146 g/mol. The first-order valence-electron chi connectivity index (χ1n) is 4.33. The maximum atomic E-state index is 3.83. The van der Waals surface area contributed by atoms with Gasteiger partial charge in [-0.3, -0.25) is 0 Å². The van der Waals surface area contributed by atoms with Crippen LogP contribution in [0.25, 0.3) is 0 Å². The van der Waals surface area contributed by atoms with Crippen LogP contribution in [0.4, 0.5) is 0 Å². The Morgan fingerprint density at radius 2 is 2.17 bits per heavy atom. The Balaban J connectivity index is 2.76. The molecule has 1 aliphatic carbocycles. The molecule has 0 saturated carbocycles. The Morgan fingerprint density at radius 1 is 1.50 bits per heavy atom. The predicted molar refractivity (Wildman–Crippen MR) is 53.6 cm³/mol. The second kappa shape index (κ2) is 3.18. The maximum absolute atomic E-state index is 3.83. The molecule has 1 heteroatoms. The molecule has 0 aliphatic heterocycles. The average molecular weight is 163 g/mol. The SMILES string of the molecule is C=CN(C1=CC=CC1)C(C)(C)C. The number of nitrogens with zero attached hydrogens (tertiary/aromatic N) is 1. The van der Waals surface area contributed by atoms with Crippen molar-refractivity contribution >= 4 is 0 Å². The van der Waals surface area contributed by atoms with E-state index in [4.69, 9.17) is 0 Å². The van der Waals surface area contributed by atoms with E-state index in [-0.39, 0.29) is 5.54 Å². The lowest BCUT2D eigenvalue weighted by Gasteiger charge is -2.35. The summed E-state index contributed by atoms with van der Waals surface area (Å²) in [5.74, 6) is 0.